The van der Waals surface area contributed by atoms with Gasteiger partial charge in [0.25, 0.3) is 0 Å². The molecule has 0 amide bonds. The summed E-state index contributed by atoms with van der Waals surface area (Å²) in [6.07, 6.45) is -3.70. The van der Waals surface area contributed by atoms with Gasteiger partial charge in [0.1, 0.15) is 11.9 Å². The lowest BCUT2D eigenvalue weighted by Crippen LogP contribution is -2.51. The van der Waals surface area contributed by atoms with E-state index in [4.69, 9.17) is 14.7 Å². The number of hydrogen-bond acceptors (Lipinski definition) is 8. The number of aliphatic hydroxyl groups is 3. The fourth-order valence-corrected chi connectivity index (χ4v) is 4.05. The number of hydrogen-bond donors (Lipinski definition) is 3. The van der Waals surface area contributed by atoms with Crippen molar-refractivity contribution in [3.63, 3.8) is 0 Å². The first-order valence-electron chi connectivity index (χ1n) is 10.6. The predicted octanol–water partition coefficient (Wildman–Crippen LogP) is 1.00. The van der Waals surface area contributed by atoms with Crippen molar-refractivity contribution in [3.8, 4) is 6.07 Å². The number of nitrogens with zero attached hydrogens (tertiary/aromatic N) is 1. The van der Waals surface area contributed by atoms with Crippen molar-refractivity contribution in [1.29, 1.82) is 5.26 Å². The molecule has 31 heavy (non-hydrogen) atoms. The zero-order valence-electron chi connectivity index (χ0n) is 17.7. The van der Waals surface area contributed by atoms with Gasteiger partial charge in [0.2, 0.25) is 0 Å². The fourth-order valence-electron chi connectivity index (χ4n) is 4.05. The molecule has 1 aromatic rings. The number of ether oxygens (including phenoxy) is 2. The van der Waals surface area contributed by atoms with Crippen LogP contribution in [-0.4, -0.2) is 70.1 Å². The van der Waals surface area contributed by atoms with Gasteiger partial charge >= 0.3 is 0 Å². The molecule has 2 heterocycles. The Bertz CT molecular complexity index is 849. The van der Waals surface area contributed by atoms with Crippen molar-refractivity contribution < 1.29 is 34.4 Å². The van der Waals surface area contributed by atoms with E-state index >= 15 is 0 Å². The maximum Gasteiger partial charge on any atom is 0.170 e. The third-order valence-electron chi connectivity index (χ3n) is 6.26. The number of epoxide rings is 1. The lowest BCUT2D eigenvalue weighted by molar-refractivity contribution is -0.170. The highest BCUT2D eigenvalue weighted by atomic mass is 16.6. The molecule has 168 valence electrons. The van der Waals surface area contributed by atoms with Crippen LogP contribution in [0.1, 0.15) is 49.0 Å². The van der Waals surface area contributed by atoms with Crippen LogP contribution >= 0.6 is 0 Å². The molecule has 8 atom stereocenters. The van der Waals surface area contributed by atoms with Gasteiger partial charge in [-0.1, -0.05) is 19.1 Å². The van der Waals surface area contributed by atoms with E-state index in [2.05, 4.69) is 0 Å². The second kappa shape index (κ2) is 9.98. The number of carbonyl (C=O) groups excluding carboxylic acids is 2. The number of ketones is 2. The first-order valence-corrected chi connectivity index (χ1v) is 10.6. The number of Topliss-reactive ketones (excluding diaryl/α,β-unsaturated/α-hetero) is 2. The molecule has 0 bridgehead atoms. The smallest absolute Gasteiger partial charge is 0.170 e. The lowest BCUT2D eigenvalue weighted by atomic mass is 9.85. The van der Waals surface area contributed by atoms with Crippen molar-refractivity contribution >= 4 is 11.6 Å². The summed E-state index contributed by atoms with van der Waals surface area (Å²) >= 11 is 0. The van der Waals surface area contributed by atoms with Gasteiger partial charge in [0, 0.05) is 30.2 Å². The number of aliphatic hydroxyl groups excluding tert-OH is 3. The van der Waals surface area contributed by atoms with Crippen LogP contribution in [0.2, 0.25) is 0 Å². The standard InChI is InChI=1S/C23H29NO7/c1-12(13(2)25)23-20(31-23)9-19-22(29)21(28)16(11-30-19)7-17(26)8-18(27)15-5-3-4-14(6-15)10-24/h3-6,12-13,16,19-23,25,28-29H,7-9,11H2,1-2H3/t12-,13-,16-,19-,20-,21+,22-,23-/m0/s1. The highest BCUT2D eigenvalue weighted by molar-refractivity contribution is 6.08. The summed E-state index contributed by atoms with van der Waals surface area (Å²) in [4.78, 5) is 24.7. The minimum absolute atomic E-state index is 0.0348. The van der Waals surface area contributed by atoms with Crippen molar-refractivity contribution in [2.75, 3.05) is 6.61 Å². The molecule has 0 spiro atoms. The summed E-state index contributed by atoms with van der Waals surface area (Å²) in [5, 5.41) is 39.5. The molecular weight excluding hydrogens is 402 g/mol. The van der Waals surface area contributed by atoms with Gasteiger partial charge < -0.3 is 24.8 Å². The van der Waals surface area contributed by atoms with Gasteiger partial charge in [-0.2, -0.15) is 5.26 Å². The molecule has 2 aliphatic heterocycles. The summed E-state index contributed by atoms with van der Waals surface area (Å²) in [5.74, 6) is -1.39. The molecule has 8 nitrogen and oxygen atoms in total. The quantitative estimate of drug-likeness (QED) is 0.299. The molecule has 2 fully saturated rings. The second-order valence-electron chi connectivity index (χ2n) is 8.62. The Morgan fingerprint density at radius 3 is 2.65 bits per heavy atom. The van der Waals surface area contributed by atoms with E-state index in [0.29, 0.717) is 17.5 Å². The highest BCUT2D eigenvalue weighted by Gasteiger charge is 2.48. The van der Waals surface area contributed by atoms with Crippen LogP contribution < -0.4 is 0 Å². The molecule has 0 saturated carbocycles. The molecule has 8 heteroatoms. The molecule has 1 aromatic carbocycles. The molecule has 3 N–H and O–H groups in total. The van der Waals surface area contributed by atoms with Crippen LogP contribution in [0.25, 0.3) is 0 Å². The van der Waals surface area contributed by atoms with Gasteiger partial charge in [0.05, 0.1) is 55.2 Å². The van der Waals surface area contributed by atoms with Crippen molar-refractivity contribution in [2.45, 2.75) is 69.7 Å². The van der Waals surface area contributed by atoms with Crippen LogP contribution in [0, 0.1) is 23.2 Å². The molecule has 2 saturated heterocycles. The summed E-state index contributed by atoms with van der Waals surface area (Å²) in [5.41, 5.74) is 0.631. The van der Waals surface area contributed by atoms with Gasteiger partial charge in [-0.15, -0.1) is 0 Å². The molecule has 0 aromatic heterocycles. The number of carbonyl (C=O) groups is 2. The summed E-state index contributed by atoms with van der Waals surface area (Å²) in [6.45, 7) is 3.68. The Labute approximate surface area is 181 Å². The summed E-state index contributed by atoms with van der Waals surface area (Å²) < 4.78 is 11.3. The normalized spacial score (nSPS) is 32.0. The van der Waals surface area contributed by atoms with Gasteiger partial charge in [-0.25, -0.2) is 0 Å². The van der Waals surface area contributed by atoms with Crippen molar-refractivity contribution in [1.82, 2.24) is 0 Å². The van der Waals surface area contributed by atoms with E-state index in [-0.39, 0.29) is 43.4 Å². The van der Waals surface area contributed by atoms with E-state index in [0.717, 1.165) is 0 Å². The highest BCUT2D eigenvalue weighted by Crippen LogP contribution is 2.37. The van der Waals surface area contributed by atoms with Gasteiger partial charge in [-0.05, 0) is 19.1 Å². The summed E-state index contributed by atoms with van der Waals surface area (Å²) in [6, 6.07) is 8.10. The number of nitriles is 1. The minimum atomic E-state index is -1.17. The number of rotatable bonds is 9. The minimum Gasteiger partial charge on any atom is -0.393 e. The Morgan fingerprint density at radius 2 is 1.97 bits per heavy atom. The predicted molar refractivity (Wildman–Crippen MR) is 109 cm³/mol. The largest absolute Gasteiger partial charge is 0.393 e. The average Bonchev–Trinajstić information content (AvgIpc) is 3.51. The monoisotopic (exact) mass is 431 g/mol. The van der Waals surface area contributed by atoms with Crippen molar-refractivity contribution in [3.05, 3.63) is 35.4 Å². The topological polar surface area (TPSA) is 140 Å². The Hall–Kier alpha value is -2.15. The lowest BCUT2D eigenvalue weighted by Gasteiger charge is -2.37. The van der Waals surface area contributed by atoms with Crippen molar-refractivity contribution in [2.24, 2.45) is 11.8 Å². The molecule has 0 radical (unpaired) electrons. The summed E-state index contributed by atoms with van der Waals surface area (Å²) in [7, 11) is 0. The van der Waals surface area contributed by atoms with E-state index in [1.807, 2.05) is 13.0 Å². The third kappa shape index (κ3) is 5.76. The molecule has 2 aliphatic rings. The zero-order chi connectivity index (χ0) is 22.7. The molecule has 3 rings (SSSR count). The van der Waals surface area contributed by atoms with Crippen LogP contribution in [0.4, 0.5) is 0 Å². The van der Waals surface area contributed by atoms with E-state index in [1.165, 1.54) is 6.07 Å². The third-order valence-corrected chi connectivity index (χ3v) is 6.26. The Kier molecular flexibility index (Phi) is 7.57. The molecule has 0 aliphatic carbocycles. The van der Waals surface area contributed by atoms with E-state index < -0.39 is 36.1 Å². The Balaban J connectivity index is 1.48. The Morgan fingerprint density at radius 1 is 1.23 bits per heavy atom. The van der Waals surface area contributed by atoms with E-state index in [1.54, 1.807) is 25.1 Å². The second-order valence-corrected chi connectivity index (χ2v) is 8.62. The van der Waals surface area contributed by atoms with Crippen LogP contribution in [0.15, 0.2) is 24.3 Å². The number of benzene rings is 1. The first-order chi connectivity index (χ1) is 14.7. The fraction of sp³-hybridized carbons (Fsp3) is 0.609. The maximum atomic E-state index is 12.4. The van der Waals surface area contributed by atoms with Crippen LogP contribution in [-0.2, 0) is 14.3 Å². The average molecular weight is 431 g/mol. The van der Waals surface area contributed by atoms with E-state index in [9.17, 15) is 24.9 Å². The molecule has 0 unspecified atom stereocenters. The molecular formula is C23H29NO7. The van der Waals surface area contributed by atoms with Gasteiger partial charge in [-0.3, -0.25) is 9.59 Å². The maximum absolute atomic E-state index is 12.4. The van der Waals surface area contributed by atoms with Gasteiger partial charge in [0.15, 0.2) is 5.78 Å². The first kappa shape index (κ1) is 23.5. The SMILES string of the molecule is C[C@H]([C@@H]1O[C@H]1C[C@@H]1OC[C@H](CC(=O)CC(=O)c2cccc(C#N)c2)[C@@H](O)[C@H]1O)[C@H](C)O. The zero-order valence-corrected chi connectivity index (χ0v) is 17.7. The van der Waals surface area contributed by atoms with Crippen LogP contribution in [0.3, 0.4) is 0 Å². The van der Waals surface area contributed by atoms with Crippen LogP contribution in [0.5, 0.6) is 0 Å².